The number of hydrogen-bond acceptors (Lipinski definition) is 4. The quantitative estimate of drug-likeness (QED) is 0.822. The van der Waals surface area contributed by atoms with Crippen molar-refractivity contribution >= 4 is 17.0 Å². The molecule has 0 aliphatic carbocycles. The van der Waals surface area contributed by atoms with E-state index in [9.17, 15) is 4.79 Å². The van der Waals surface area contributed by atoms with Gasteiger partial charge in [0.2, 0.25) is 0 Å². The van der Waals surface area contributed by atoms with Crippen LogP contribution in [0.3, 0.4) is 0 Å². The molecule has 2 aromatic heterocycles. The fourth-order valence-electron chi connectivity index (χ4n) is 2.26. The Morgan fingerprint density at radius 2 is 2.39 bits per heavy atom. The summed E-state index contributed by atoms with van der Waals surface area (Å²) in [5, 5.41) is 0. The summed E-state index contributed by atoms with van der Waals surface area (Å²) in [5.74, 6) is 0.246. The van der Waals surface area contributed by atoms with E-state index in [1.807, 2.05) is 19.1 Å². The molecule has 0 unspecified atom stereocenters. The Kier molecular flexibility index (Phi) is 2.56. The van der Waals surface area contributed by atoms with Crippen LogP contribution in [0, 0.1) is 6.92 Å². The van der Waals surface area contributed by atoms with Crippen molar-refractivity contribution in [2.75, 3.05) is 13.1 Å². The zero-order valence-corrected chi connectivity index (χ0v) is 10.2. The molecule has 2 N–H and O–H groups in total. The van der Waals surface area contributed by atoms with E-state index < -0.39 is 0 Å². The maximum Gasteiger partial charge on any atom is 0.289 e. The number of amides is 1. The number of rotatable bonds is 1. The number of likely N-dealkylation sites (tertiary alicyclic amines) is 1. The second kappa shape index (κ2) is 4.10. The van der Waals surface area contributed by atoms with Gasteiger partial charge >= 0.3 is 0 Å². The Morgan fingerprint density at radius 3 is 3.11 bits per heavy atom. The van der Waals surface area contributed by atoms with Crippen LogP contribution in [0.2, 0.25) is 0 Å². The standard InChI is InChI=1S/C13H15N3O2/c1-8-2-3-11-10(15-8)6-12(18-11)13(17)16-5-4-9(14)7-16/h2-3,6,9H,4-5,7,14H2,1H3/t9-/m1/s1. The van der Waals surface area contributed by atoms with Gasteiger partial charge < -0.3 is 15.1 Å². The first-order chi connectivity index (χ1) is 8.63. The zero-order valence-electron chi connectivity index (χ0n) is 10.2. The Morgan fingerprint density at radius 1 is 1.56 bits per heavy atom. The van der Waals surface area contributed by atoms with Gasteiger partial charge in [-0.25, -0.2) is 4.98 Å². The third kappa shape index (κ3) is 1.86. The van der Waals surface area contributed by atoms with Crippen LogP contribution in [-0.2, 0) is 0 Å². The number of pyridine rings is 1. The lowest BCUT2D eigenvalue weighted by molar-refractivity contribution is 0.0761. The van der Waals surface area contributed by atoms with E-state index in [4.69, 9.17) is 10.2 Å². The van der Waals surface area contributed by atoms with Crippen molar-refractivity contribution in [3.8, 4) is 0 Å². The molecular weight excluding hydrogens is 230 g/mol. The topological polar surface area (TPSA) is 72.4 Å². The molecule has 0 aromatic carbocycles. The summed E-state index contributed by atoms with van der Waals surface area (Å²) in [6.45, 7) is 3.21. The van der Waals surface area contributed by atoms with Crippen LogP contribution in [0.1, 0.15) is 22.7 Å². The first-order valence-electron chi connectivity index (χ1n) is 6.05. The molecule has 0 bridgehead atoms. The number of carbonyl (C=O) groups is 1. The number of aromatic nitrogens is 1. The zero-order chi connectivity index (χ0) is 12.7. The molecule has 1 aliphatic rings. The van der Waals surface area contributed by atoms with Crippen LogP contribution in [-0.4, -0.2) is 34.9 Å². The summed E-state index contributed by atoms with van der Waals surface area (Å²) in [6.07, 6.45) is 0.851. The predicted octanol–water partition coefficient (Wildman–Crippen LogP) is 1.31. The summed E-state index contributed by atoms with van der Waals surface area (Å²) in [5.41, 5.74) is 8.08. The molecule has 1 saturated heterocycles. The number of fused-ring (bicyclic) bond motifs is 1. The predicted molar refractivity (Wildman–Crippen MR) is 67.2 cm³/mol. The minimum Gasteiger partial charge on any atom is -0.449 e. The summed E-state index contributed by atoms with van der Waals surface area (Å²) in [7, 11) is 0. The smallest absolute Gasteiger partial charge is 0.289 e. The minimum atomic E-state index is -0.0985. The second-order valence-electron chi connectivity index (χ2n) is 4.75. The molecule has 1 aliphatic heterocycles. The number of aryl methyl sites for hydroxylation is 1. The summed E-state index contributed by atoms with van der Waals surface area (Å²) >= 11 is 0. The van der Waals surface area contributed by atoms with Gasteiger partial charge in [-0.05, 0) is 25.5 Å². The van der Waals surface area contributed by atoms with Crippen molar-refractivity contribution < 1.29 is 9.21 Å². The van der Waals surface area contributed by atoms with Crippen molar-refractivity contribution in [3.05, 3.63) is 29.7 Å². The van der Waals surface area contributed by atoms with Crippen molar-refractivity contribution in [1.29, 1.82) is 0 Å². The van der Waals surface area contributed by atoms with E-state index >= 15 is 0 Å². The van der Waals surface area contributed by atoms with E-state index in [1.165, 1.54) is 0 Å². The molecule has 1 atom stereocenters. The summed E-state index contributed by atoms with van der Waals surface area (Å²) in [6, 6.07) is 5.49. The summed E-state index contributed by atoms with van der Waals surface area (Å²) < 4.78 is 5.54. The minimum absolute atomic E-state index is 0.0821. The van der Waals surface area contributed by atoms with Crippen LogP contribution in [0.25, 0.3) is 11.1 Å². The number of hydrogen-bond donors (Lipinski definition) is 1. The van der Waals surface area contributed by atoms with E-state index in [2.05, 4.69) is 4.98 Å². The van der Waals surface area contributed by atoms with E-state index in [1.54, 1.807) is 11.0 Å². The molecule has 5 heteroatoms. The molecule has 3 heterocycles. The van der Waals surface area contributed by atoms with Crippen molar-refractivity contribution in [2.24, 2.45) is 5.73 Å². The molecular formula is C13H15N3O2. The molecule has 1 fully saturated rings. The third-order valence-corrected chi connectivity index (χ3v) is 3.24. The van der Waals surface area contributed by atoms with E-state index in [0.717, 1.165) is 17.6 Å². The van der Waals surface area contributed by atoms with Gasteiger partial charge in [0.15, 0.2) is 11.3 Å². The Hall–Kier alpha value is -1.88. The SMILES string of the molecule is Cc1ccc2oc(C(=O)N3CC[C@@H](N)C3)cc2n1. The van der Waals surface area contributed by atoms with Crippen LogP contribution >= 0.6 is 0 Å². The van der Waals surface area contributed by atoms with Crippen LogP contribution in [0.15, 0.2) is 22.6 Å². The molecule has 3 rings (SSSR count). The molecule has 0 radical (unpaired) electrons. The van der Waals surface area contributed by atoms with Gasteiger partial charge in [0.1, 0.15) is 5.52 Å². The van der Waals surface area contributed by atoms with Gasteiger partial charge in [0, 0.05) is 30.9 Å². The lowest BCUT2D eigenvalue weighted by Gasteiger charge is -2.13. The van der Waals surface area contributed by atoms with E-state index in [-0.39, 0.29) is 11.9 Å². The van der Waals surface area contributed by atoms with Crippen LogP contribution in [0.4, 0.5) is 0 Å². The largest absolute Gasteiger partial charge is 0.449 e. The highest BCUT2D eigenvalue weighted by atomic mass is 16.3. The van der Waals surface area contributed by atoms with Gasteiger partial charge in [-0.2, -0.15) is 0 Å². The van der Waals surface area contributed by atoms with Gasteiger partial charge in [0.05, 0.1) is 0 Å². The fourth-order valence-corrected chi connectivity index (χ4v) is 2.26. The maximum atomic E-state index is 12.2. The monoisotopic (exact) mass is 245 g/mol. The van der Waals surface area contributed by atoms with Crippen molar-refractivity contribution in [1.82, 2.24) is 9.88 Å². The van der Waals surface area contributed by atoms with Gasteiger partial charge in [-0.3, -0.25) is 4.79 Å². The normalized spacial score (nSPS) is 19.7. The molecule has 5 nitrogen and oxygen atoms in total. The lowest BCUT2D eigenvalue weighted by atomic mass is 10.3. The van der Waals surface area contributed by atoms with Crippen LogP contribution < -0.4 is 5.73 Å². The molecule has 18 heavy (non-hydrogen) atoms. The number of nitrogens with zero attached hydrogens (tertiary/aromatic N) is 2. The van der Waals surface area contributed by atoms with E-state index in [0.29, 0.717) is 24.4 Å². The Labute approximate surface area is 105 Å². The lowest BCUT2D eigenvalue weighted by Crippen LogP contribution is -2.31. The number of carbonyl (C=O) groups excluding carboxylic acids is 1. The summed E-state index contributed by atoms with van der Waals surface area (Å²) in [4.78, 5) is 18.3. The fraction of sp³-hybridized carbons (Fsp3) is 0.385. The first-order valence-corrected chi connectivity index (χ1v) is 6.05. The second-order valence-corrected chi connectivity index (χ2v) is 4.75. The van der Waals surface area contributed by atoms with Gasteiger partial charge in [0.25, 0.3) is 5.91 Å². The first kappa shape index (κ1) is 11.2. The molecule has 94 valence electrons. The number of nitrogens with two attached hydrogens (primary N) is 1. The average Bonchev–Trinajstić information content (AvgIpc) is 2.93. The third-order valence-electron chi connectivity index (χ3n) is 3.24. The molecule has 1 amide bonds. The highest BCUT2D eigenvalue weighted by Gasteiger charge is 2.26. The van der Waals surface area contributed by atoms with Crippen LogP contribution in [0.5, 0.6) is 0 Å². The van der Waals surface area contributed by atoms with Gasteiger partial charge in [-0.1, -0.05) is 0 Å². The highest BCUT2D eigenvalue weighted by molar-refractivity contribution is 5.95. The molecule has 2 aromatic rings. The highest BCUT2D eigenvalue weighted by Crippen LogP contribution is 2.20. The number of furan rings is 1. The van der Waals surface area contributed by atoms with Gasteiger partial charge in [-0.15, -0.1) is 0 Å². The van der Waals surface area contributed by atoms with Crippen molar-refractivity contribution in [2.45, 2.75) is 19.4 Å². The van der Waals surface area contributed by atoms with Crippen molar-refractivity contribution in [3.63, 3.8) is 0 Å². The Bertz CT molecular complexity index is 605. The molecule has 0 saturated carbocycles. The molecule has 0 spiro atoms. The average molecular weight is 245 g/mol. The maximum absolute atomic E-state index is 12.2. The Balaban J connectivity index is 1.92.